The number of hydrogen-bond donors (Lipinski definition) is 2. The number of rotatable bonds is 4. The Kier molecular flexibility index (Phi) is 4.09. The smallest absolute Gasteiger partial charge is 0.318 e. The van der Waals surface area contributed by atoms with E-state index in [0.29, 0.717) is 5.92 Å². The summed E-state index contributed by atoms with van der Waals surface area (Å²) in [5.41, 5.74) is 2.25. The molecule has 22 heavy (non-hydrogen) atoms. The van der Waals surface area contributed by atoms with Crippen molar-refractivity contribution in [3.8, 4) is 0 Å². The number of hydrogen-bond acceptors (Lipinski definition) is 3. The normalized spacial score (nSPS) is 16.2. The zero-order chi connectivity index (χ0) is 15.5. The van der Waals surface area contributed by atoms with Gasteiger partial charge in [0.05, 0.1) is 6.04 Å². The van der Waals surface area contributed by atoms with Crippen LogP contribution in [0.5, 0.6) is 0 Å². The average Bonchev–Trinajstić information content (AvgIpc) is 2.91. The fourth-order valence-corrected chi connectivity index (χ4v) is 2.70. The van der Waals surface area contributed by atoms with E-state index in [1.54, 1.807) is 18.6 Å². The second-order valence-electron chi connectivity index (χ2n) is 5.74. The molecular formula is C16H21N5O. The van der Waals surface area contributed by atoms with E-state index >= 15 is 0 Å². The molecule has 6 heteroatoms. The Labute approximate surface area is 130 Å². The predicted molar refractivity (Wildman–Crippen MR) is 83.4 cm³/mol. The summed E-state index contributed by atoms with van der Waals surface area (Å²) in [7, 11) is 0. The van der Waals surface area contributed by atoms with Gasteiger partial charge in [-0.15, -0.1) is 0 Å². The molecule has 2 amide bonds. The monoisotopic (exact) mass is 299 g/mol. The van der Waals surface area contributed by atoms with Gasteiger partial charge in [0.1, 0.15) is 5.82 Å². The molecule has 6 nitrogen and oxygen atoms in total. The van der Waals surface area contributed by atoms with Gasteiger partial charge >= 0.3 is 6.03 Å². The third kappa shape index (κ3) is 2.95. The van der Waals surface area contributed by atoms with Crippen LogP contribution in [0, 0.1) is 6.92 Å². The number of aromatic nitrogens is 3. The van der Waals surface area contributed by atoms with E-state index in [4.69, 9.17) is 0 Å². The van der Waals surface area contributed by atoms with Crippen LogP contribution in [-0.4, -0.2) is 39.0 Å². The number of aryl methyl sites for hydroxylation is 1. The second kappa shape index (κ2) is 6.17. The molecule has 0 bridgehead atoms. The van der Waals surface area contributed by atoms with Gasteiger partial charge in [-0.05, 0) is 31.0 Å². The number of carbonyl (C=O) groups is 1. The third-order valence-corrected chi connectivity index (χ3v) is 4.10. The molecule has 0 aliphatic carbocycles. The van der Waals surface area contributed by atoms with Gasteiger partial charge in [0, 0.05) is 43.3 Å². The number of H-pyrrole nitrogens is 1. The van der Waals surface area contributed by atoms with Crippen LogP contribution in [0.3, 0.4) is 0 Å². The number of nitrogens with zero attached hydrogens (tertiary/aromatic N) is 3. The SMILES string of the molecule is CC[C@H](NC(=O)N1CC(c2ccncc2)C1)c1ncc(C)[nH]1. The molecule has 1 saturated heterocycles. The van der Waals surface area contributed by atoms with Crippen molar-refractivity contribution in [3.63, 3.8) is 0 Å². The van der Waals surface area contributed by atoms with Gasteiger partial charge in [-0.3, -0.25) is 4.98 Å². The van der Waals surface area contributed by atoms with E-state index < -0.39 is 0 Å². The van der Waals surface area contributed by atoms with Gasteiger partial charge in [0.15, 0.2) is 0 Å². The summed E-state index contributed by atoms with van der Waals surface area (Å²) in [6.07, 6.45) is 6.18. The van der Waals surface area contributed by atoms with E-state index in [2.05, 4.69) is 20.3 Å². The van der Waals surface area contributed by atoms with E-state index in [0.717, 1.165) is 31.0 Å². The van der Waals surface area contributed by atoms with Crippen LogP contribution in [0.4, 0.5) is 4.79 Å². The molecule has 1 aliphatic rings. The molecule has 0 radical (unpaired) electrons. The highest BCUT2D eigenvalue weighted by atomic mass is 16.2. The minimum Gasteiger partial charge on any atom is -0.344 e. The maximum Gasteiger partial charge on any atom is 0.318 e. The minimum atomic E-state index is -0.0684. The number of nitrogens with one attached hydrogen (secondary N) is 2. The Morgan fingerprint density at radius 1 is 1.45 bits per heavy atom. The van der Waals surface area contributed by atoms with Crippen molar-refractivity contribution in [1.82, 2.24) is 25.2 Å². The molecule has 0 aromatic carbocycles. The Morgan fingerprint density at radius 2 is 2.18 bits per heavy atom. The molecule has 1 aliphatic heterocycles. The zero-order valence-electron chi connectivity index (χ0n) is 12.9. The van der Waals surface area contributed by atoms with Gasteiger partial charge in [-0.1, -0.05) is 6.92 Å². The van der Waals surface area contributed by atoms with E-state index in [1.165, 1.54) is 5.56 Å². The largest absolute Gasteiger partial charge is 0.344 e. The highest BCUT2D eigenvalue weighted by Crippen LogP contribution is 2.27. The van der Waals surface area contributed by atoms with Crippen LogP contribution < -0.4 is 5.32 Å². The van der Waals surface area contributed by atoms with Crippen molar-refractivity contribution in [2.45, 2.75) is 32.2 Å². The number of aromatic amines is 1. The lowest BCUT2D eigenvalue weighted by atomic mass is 9.93. The molecule has 3 heterocycles. The summed E-state index contributed by atoms with van der Waals surface area (Å²) in [4.78, 5) is 25.7. The molecule has 3 rings (SSSR count). The number of carbonyl (C=O) groups excluding carboxylic acids is 1. The fraction of sp³-hybridized carbons (Fsp3) is 0.438. The highest BCUT2D eigenvalue weighted by molar-refractivity contribution is 5.75. The van der Waals surface area contributed by atoms with Crippen molar-refractivity contribution in [3.05, 3.63) is 47.8 Å². The Morgan fingerprint density at radius 3 is 2.77 bits per heavy atom. The van der Waals surface area contributed by atoms with Gasteiger partial charge in [0.25, 0.3) is 0 Å². The first kappa shape index (κ1) is 14.6. The summed E-state index contributed by atoms with van der Waals surface area (Å²) in [6, 6.07) is 3.94. The average molecular weight is 299 g/mol. The van der Waals surface area contributed by atoms with Crippen molar-refractivity contribution in [2.24, 2.45) is 0 Å². The maximum atomic E-state index is 12.3. The molecule has 116 valence electrons. The predicted octanol–water partition coefficient (Wildman–Crippen LogP) is 2.37. The molecular weight excluding hydrogens is 278 g/mol. The van der Waals surface area contributed by atoms with Crippen LogP contribution in [-0.2, 0) is 0 Å². The molecule has 0 spiro atoms. The van der Waals surface area contributed by atoms with Crippen molar-refractivity contribution in [1.29, 1.82) is 0 Å². The first-order chi connectivity index (χ1) is 10.7. The molecule has 0 saturated carbocycles. The molecule has 2 aromatic heterocycles. The minimum absolute atomic E-state index is 0.0220. The number of urea groups is 1. The van der Waals surface area contributed by atoms with Crippen LogP contribution in [0.25, 0.3) is 0 Å². The molecule has 0 unspecified atom stereocenters. The molecule has 1 fully saturated rings. The summed E-state index contributed by atoms with van der Waals surface area (Å²) in [6.45, 7) is 5.51. The highest BCUT2D eigenvalue weighted by Gasteiger charge is 2.32. The van der Waals surface area contributed by atoms with Crippen LogP contribution in [0.1, 0.15) is 42.4 Å². The van der Waals surface area contributed by atoms with Gasteiger partial charge in [0.2, 0.25) is 0 Å². The number of imidazole rings is 1. The van der Waals surface area contributed by atoms with E-state index in [1.807, 2.05) is 30.9 Å². The van der Waals surface area contributed by atoms with Crippen LogP contribution in [0.15, 0.2) is 30.7 Å². The topological polar surface area (TPSA) is 73.9 Å². The molecule has 2 N–H and O–H groups in total. The third-order valence-electron chi connectivity index (χ3n) is 4.10. The molecule has 2 aromatic rings. The lowest BCUT2D eigenvalue weighted by Crippen LogP contribution is -2.53. The van der Waals surface area contributed by atoms with Gasteiger partial charge in [-0.25, -0.2) is 9.78 Å². The summed E-state index contributed by atoms with van der Waals surface area (Å²) >= 11 is 0. The summed E-state index contributed by atoms with van der Waals surface area (Å²) in [5.74, 6) is 1.24. The van der Waals surface area contributed by atoms with E-state index in [9.17, 15) is 4.79 Å². The van der Waals surface area contributed by atoms with Gasteiger partial charge in [-0.2, -0.15) is 0 Å². The van der Waals surface area contributed by atoms with Crippen molar-refractivity contribution >= 4 is 6.03 Å². The van der Waals surface area contributed by atoms with Crippen molar-refractivity contribution < 1.29 is 4.79 Å². The standard InChI is InChI=1S/C16H21N5O/c1-3-14(15-18-8-11(2)19-15)20-16(22)21-9-13(10-21)12-4-6-17-7-5-12/h4-8,13-14H,3,9-10H2,1-2H3,(H,18,19)(H,20,22)/t14-/m0/s1. The lowest BCUT2D eigenvalue weighted by molar-refractivity contribution is 0.147. The summed E-state index contributed by atoms with van der Waals surface area (Å²) in [5, 5.41) is 3.05. The second-order valence-corrected chi connectivity index (χ2v) is 5.74. The molecule has 1 atom stereocenters. The Balaban J connectivity index is 1.55. The zero-order valence-corrected chi connectivity index (χ0v) is 12.9. The maximum absolute atomic E-state index is 12.3. The number of pyridine rings is 1. The lowest BCUT2D eigenvalue weighted by Gasteiger charge is -2.40. The Bertz CT molecular complexity index is 633. The van der Waals surface area contributed by atoms with Crippen molar-refractivity contribution in [2.75, 3.05) is 13.1 Å². The summed E-state index contributed by atoms with van der Waals surface area (Å²) < 4.78 is 0. The van der Waals surface area contributed by atoms with Crippen LogP contribution >= 0.6 is 0 Å². The van der Waals surface area contributed by atoms with Crippen LogP contribution in [0.2, 0.25) is 0 Å². The number of likely N-dealkylation sites (tertiary alicyclic amines) is 1. The first-order valence-corrected chi connectivity index (χ1v) is 7.64. The van der Waals surface area contributed by atoms with Gasteiger partial charge < -0.3 is 15.2 Å². The van der Waals surface area contributed by atoms with E-state index in [-0.39, 0.29) is 12.1 Å². The number of amides is 2. The first-order valence-electron chi connectivity index (χ1n) is 7.64. The quantitative estimate of drug-likeness (QED) is 0.910. The Hall–Kier alpha value is -2.37. The fourth-order valence-electron chi connectivity index (χ4n) is 2.70.